The summed E-state index contributed by atoms with van der Waals surface area (Å²) in [6, 6.07) is 9.93. The molecule has 2 N–H and O–H groups in total. The second-order valence-electron chi connectivity index (χ2n) is 6.13. The fourth-order valence-electron chi connectivity index (χ4n) is 3.33. The molecule has 2 bridgehead atoms. The summed E-state index contributed by atoms with van der Waals surface area (Å²) in [5, 5.41) is 13.5. The van der Waals surface area contributed by atoms with Crippen molar-refractivity contribution in [3.8, 4) is 0 Å². The fourth-order valence-corrected chi connectivity index (χ4v) is 3.33. The van der Waals surface area contributed by atoms with Crippen LogP contribution in [0.4, 0.5) is 4.79 Å². The van der Waals surface area contributed by atoms with Crippen molar-refractivity contribution in [2.45, 2.75) is 44.1 Å². The standard InChI is InChI=1S/C16H22N2O3/c1-12(19)16-8-7-14(17-16)9-18(11-16)15(20)21-10-13-5-3-2-4-6-13/h2-6,12,14,17,19H,7-11H2,1H3. The van der Waals surface area contributed by atoms with E-state index in [-0.39, 0.29) is 24.3 Å². The van der Waals surface area contributed by atoms with Gasteiger partial charge in [0.25, 0.3) is 0 Å². The van der Waals surface area contributed by atoms with Gasteiger partial charge in [-0.2, -0.15) is 0 Å². The first-order valence-corrected chi connectivity index (χ1v) is 7.50. The molecule has 3 atom stereocenters. The van der Waals surface area contributed by atoms with Crippen molar-refractivity contribution in [1.29, 1.82) is 0 Å². The first-order valence-electron chi connectivity index (χ1n) is 7.50. The van der Waals surface area contributed by atoms with Crippen LogP contribution in [0.3, 0.4) is 0 Å². The van der Waals surface area contributed by atoms with Crippen LogP contribution in [0, 0.1) is 0 Å². The molecule has 2 aliphatic heterocycles. The number of amides is 1. The quantitative estimate of drug-likeness (QED) is 0.886. The number of hydrogen-bond acceptors (Lipinski definition) is 4. The summed E-state index contributed by atoms with van der Waals surface area (Å²) in [4.78, 5) is 14.0. The Morgan fingerprint density at radius 1 is 1.52 bits per heavy atom. The fraction of sp³-hybridized carbons (Fsp3) is 0.562. The van der Waals surface area contributed by atoms with Crippen molar-refractivity contribution in [3.05, 3.63) is 35.9 Å². The first-order chi connectivity index (χ1) is 10.1. The Kier molecular flexibility index (Phi) is 3.87. The number of carbonyl (C=O) groups is 1. The van der Waals surface area contributed by atoms with Crippen LogP contribution < -0.4 is 5.32 Å². The zero-order chi connectivity index (χ0) is 14.9. The smallest absolute Gasteiger partial charge is 0.410 e. The molecule has 21 heavy (non-hydrogen) atoms. The maximum absolute atomic E-state index is 12.2. The summed E-state index contributed by atoms with van der Waals surface area (Å²) in [6.07, 6.45) is 1.12. The van der Waals surface area contributed by atoms with Gasteiger partial charge in [0.15, 0.2) is 0 Å². The normalized spacial score (nSPS) is 29.2. The van der Waals surface area contributed by atoms with Crippen molar-refractivity contribution in [1.82, 2.24) is 10.2 Å². The number of fused-ring (bicyclic) bond motifs is 2. The number of nitrogens with one attached hydrogen (secondary N) is 1. The lowest BCUT2D eigenvalue weighted by molar-refractivity contribution is 0.0228. The van der Waals surface area contributed by atoms with E-state index in [9.17, 15) is 9.90 Å². The lowest BCUT2D eigenvalue weighted by atomic mass is 9.91. The number of hydrogen-bond donors (Lipinski definition) is 2. The Hall–Kier alpha value is -1.59. The van der Waals surface area contributed by atoms with Gasteiger partial charge in [0.2, 0.25) is 0 Å². The van der Waals surface area contributed by atoms with Crippen LogP contribution in [0.1, 0.15) is 25.3 Å². The Morgan fingerprint density at radius 3 is 3.00 bits per heavy atom. The second-order valence-corrected chi connectivity index (χ2v) is 6.13. The van der Waals surface area contributed by atoms with E-state index in [1.807, 2.05) is 30.3 Å². The highest BCUT2D eigenvalue weighted by Gasteiger charge is 2.48. The van der Waals surface area contributed by atoms with Crippen LogP contribution >= 0.6 is 0 Å². The van der Waals surface area contributed by atoms with E-state index in [4.69, 9.17) is 4.74 Å². The number of benzene rings is 1. The Balaban J connectivity index is 1.60. The lowest BCUT2D eigenvalue weighted by Gasteiger charge is -2.42. The second kappa shape index (κ2) is 5.66. The van der Waals surface area contributed by atoms with Crippen LogP contribution in [-0.4, -0.2) is 46.9 Å². The van der Waals surface area contributed by atoms with E-state index in [1.54, 1.807) is 11.8 Å². The Morgan fingerprint density at radius 2 is 2.29 bits per heavy atom. The van der Waals surface area contributed by atoms with Gasteiger partial charge in [0.1, 0.15) is 6.61 Å². The van der Waals surface area contributed by atoms with Gasteiger partial charge in [-0.05, 0) is 25.3 Å². The molecule has 3 rings (SSSR count). The zero-order valence-corrected chi connectivity index (χ0v) is 12.3. The third-order valence-electron chi connectivity index (χ3n) is 4.61. The highest BCUT2D eigenvalue weighted by molar-refractivity contribution is 5.68. The van der Waals surface area contributed by atoms with E-state index in [2.05, 4.69) is 5.32 Å². The largest absolute Gasteiger partial charge is 0.445 e. The van der Waals surface area contributed by atoms with Crippen LogP contribution in [-0.2, 0) is 11.3 Å². The third-order valence-corrected chi connectivity index (χ3v) is 4.61. The van der Waals surface area contributed by atoms with Crippen LogP contribution in [0.2, 0.25) is 0 Å². The Labute approximate surface area is 124 Å². The monoisotopic (exact) mass is 290 g/mol. The van der Waals surface area contributed by atoms with Crippen LogP contribution in [0.25, 0.3) is 0 Å². The number of likely N-dealkylation sites (tertiary alicyclic amines) is 1. The summed E-state index contributed by atoms with van der Waals surface area (Å²) in [5.41, 5.74) is 0.614. The summed E-state index contributed by atoms with van der Waals surface area (Å²) in [7, 11) is 0. The van der Waals surface area contributed by atoms with Crippen molar-refractivity contribution < 1.29 is 14.6 Å². The molecular formula is C16H22N2O3. The lowest BCUT2D eigenvalue weighted by Crippen LogP contribution is -2.65. The van der Waals surface area contributed by atoms with Crippen molar-refractivity contribution in [2.24, 2.45) is 0 Å². The van der Waals surface area contributed by atoms with Gasteiger partial charge in [0.05, 0.1) is 11.6 Å². The molecule has 5 nitrogen and oxygen atoms in total. The number of rotatable bonds is 3. The maximum Gasteiger partial charge on any atom is 0.410 e. The summed E-state index contributed by atoms with van der Waals surface area (Å²) in [6.45, 7) is 3.24. The summed E-state index contributed by atoms with van der Waals surface area (Å²) >= 11 is 0. The van der Waals surface area contributed by atoms with Crippen LogP contribution in [0.5, 0.6) is 0 Å². The highest BCUT2D eigenvalue weighted by Crippen LogP contribution is 2.32. The SMILES string of the molecule is CC(O)C12CCC(CN(C(=O)OCc3ccccc3)C1)N2. The average Bonchev–Trinajstić information content (AvgIpc) is 2.82. The van der Waals surface area contributed by atoms with E-state index < -0.39 is 6.10 Å². The predicted octanol–water partition coefficient (Wildman–Crippen LogP) is 1.51. The van der Waals surface area contributed by atoms with E-state index >= 15 is 0 Å². The van der Waals surface area contributed by atoms with Gasteiger partial charge < -0.3 is 20.1 Å². The average molecular weight is 290 g/mol. The molecule has 0 saturated carbocycles. The van der Waals surface area contributed by atoms with Crippen molar-refractivity contribution >= 4 is 6.09 Å². The number of aliphatic hydroxyl groups is 1. The van der Waals surface area contributed by atoms with Gasteiger partial charge in [-0.1, -0.05) is 30.3 Å². The number of carbonyl (C=O) groups excluding carboxylic acids is 1. The molecule has 0 radical (unpaired) electrons. The van der Waals surface area contributed by atoms with Crippen molar-refractivity contribution in [3.63, 3.8) is 0 Å². The molecule has 0 spiro atoms. The van der Waals surface area contributed by atoms with Gasteiger partial charge >= 0.3 is 6.09 Å². The number of piperazine rings is 1. The maximum atomic E-state index is 12.2. The van der Waals surface area contributed by atoms with Gasteiger partial charge in [0, 0.05) is 19.1 Å². The molecule has 2 heterocycles. The van der Waals surface area contributed by atoms with E-state index in [1.165, 1.54) is 0 Å². The molecule has 1 amide bonds. The number of nitrogens with zero attached hydrogens (tertiary/aromatic N) is 1. The first kappa shape index (κ1) is 14.4. The van der Waals surface area contributed by atoms with E-state index in [0.29, 0.717) is 13.1 Å². The molecule has 2 saturated heterocycles. The Bertz CT molecular complexity index is 506. The highest BCUT2D eigenvalue weighted by atomic mass is 16.6. The predicted molar refractivity (Wildman–Crippen MR) is 78.8 cm³/mol. The third kappa shape index (κ3) is 2.89. The van der Waals surface area contributed by atoms with Gasteiger partial charge in [-0.3, -0.25) is 0 Å². The molecule has 2 fully saturated rings. The zero-order valence-electron chi connectivity index (χ0n) is 12.3. The molecule has 3 unspecified atom stereocenters. The summed E-state index contributed by atoms with van der Waals surface area (Å²) in [5.74, 6) is 0. The molecule has 2 aliphatic rings. The van der Waals surface area contributed by atoms with Gasteiger partial charge in [-0.15, -0.1) is 0 Å². The topological polar surface area (TPSA) is 61.8 Å². The number of ether oxygens (including phenoxy) is 1. The summed E-state index contributed by atoms with van der Waals surface area (Å²) < 4.78 is 5.39. The van der Waals surface area contributed by atoms with Crippen LogP contribution in [0.15, 0.2) is 30.3 Å². The van der Waals surface area contributed by atoms with E-state index in [0.717, 1.165) is 18.4 Å². The molecule has 5 heteroatoms. The minimum Gasteiger partial charge on any atom is -0.445 e. The molecule has 1 aromatic carbocycles. The molecule has 0 aromatic heterocycles. The molecule has 0 aliphatic carbocycles. The minimum atomic E-state index is -0.479. The van der Waals surface area contributed by atoms with Crippen molar-refractivity contribution in [2.75, 3.05) is 13.1 Å². The molecular weight excluding hydrogens is 268 g/mol. The number of aliphatic hydroxyl groups excluding tert-OH is 1. The minimum absolute atomic E-state index is 0.262. The molecule has 114 valence electrons. The van der Waals surface area contributed by atoms with Gasteiger partial charge in [-0.25, -0.2) is 4.79 Å². The molecule has 1 aromatic rings.